The van der Waals surface area contributed by atoms with E-state index in [-0.39, 0.29) is 5.41 Å². The molecule has 149 valence electrons. The maximum absolute atomic E-state index is 13.1. The fourth-order valence-electron chi connectivity index (χ4n) is 4.48. The Kier molecular flexibility index (Phi) is 4.45. The van der Waals surface area contributed by atoms with Gasteiger partial charge in [0.2, 0.25) is 5.54 Å². The minimum absolute atomic E-state index is 0.210. The smallest absolute Gasteiger partial charge is 0.332 e. The Morgan fingerprint density at radius 1 is 1.18 bits per heavy atom. The summed E-state index contributed by atoms with van der Waals surface area (Å²) in [5.74, 6) is -1.35. The van der Waals surface area contributed by atoms with Crippen LogP contribution < -0.4 is 10.6 Å². The molecule has 4 amide bonds. The number of rotatable bonds is 6. The minimum Gasteiger partial charge on any atom is -0.367 e. The summed E-state index contributed by atoms with van der Waals surface area (Å²) in [4.78, 5) is 42.8. The highest BCUT2D eigenvalue weighted by Crippen LogP contribution is 2.51. The number of nitrogens with zero attached hydrogens (tertiary/aromatic N) is 3. The molecule has 1 radical (unpaired) electrons. The first-order chi connectivity index (χ1) is 13.3. The first-order valence-electron chi connectivity index (χ1n) is 9.87. The lowest BCUT2D eigenvalue weighted by Gasteiger charge is -2.35. The number of urea groups is 1. The number of amides is 4. The fourth-order valence-corrected chi connectivity index (χ4v) is 4.48. The van der Waals surface area contributed by atoms with Gasteiger partial charge in [-0.25, -0.2) is 9.69 Å². The van der Waals surface area contributed by atoms with Crippen molar-refractivity contribution in [2.24, 2.45) is 5.73 Å². The highest BCUT2D eigenvalue weighted by atomic mass is 16.2. The van der Waals surface area contributed by atoms with Gasteiger partial charge in [0.25, 0.3) is 11.8 Å². The van der Waals surface area contributed by atoms with Crippen LogP contribution in [0.2, 0.25) is 0 Å². The molecule has 1 aliphatic carbocycles. The van der Waals surface area contributed by atoms with E-state index in [1.54, 1.807) is 6.42 Å². The molecule has 1 atom stereocenters. The van der Waals surface area contributed by atoms with Gasteiger partial charge in [-0.05, 0) is 75.9 Å². The van der Waals surface area contributed by atoms with E-state index in [1.807, 2.05) is 24.3 Å². The summed E-state index contributed by atoms with van der Waals surface area (Å²) in [6.45, 7) is 1.38. The molecule has 2 aliphatic heterocycles. The average molecular weight is 383 g/mol. The molecule has 2 heterocycles. The van der Waals surface area contributed by atoms with E-state index < -0.39 is 23.4 Å². The normalized spacial score (nSPS) is 26.0. The third-order valence-corrected chi connectivity index (χ3v) is 6.41. The van der Waals surface area contributed by atoms with Crippen LogP contribution in [0.1, 0.15) is 37.7 Å². The zero-order chi connectivity index (χ0) is 20.1. The van der Waals surface area contributed by atoms with Crippen LogP contribution in [0.3, 0.4) is 0 Å². The number of nitrogens with two attached hydrogens (primary N) is 1. The molecule has 0 spiro atoms. The van der Waals surface area contributed by atoms with Crippen molar-refractivity contribution in [2.75, 3.05) is 32.1 Å². The lowest BCUT2D eigenvalue weighted by Crippen LogP contribution is -2.61. The predicted molar refractivity (Wildman–Crippen MR) is 106 cm³/mol. The van der Waals surface area contributed by atoms with E-state index in [4.69, 9.17) is 5.73 Å². The number of carbonyl (C=O) groups excluding carboxylic acids is 3. The van der Waals surface area contributed by atoms with E-state index in [0.29, 0.717) is 18.7 Å². The van der Waals surface area contributed by atoms with E-state index in [0.717, 1.165) is 37.1 Å². The van der Waals surface area contributed by atoms with Gasteiger partial charge in [-0.3, -0.25) is 9.59 Å². The first kappa shape index (κ1) is 18.9. The Balaban J connectivity index is 1.60. The molecule has 0 unspecified atom stereocenters. The van der Waals surface area contributed by atoms with Crippen molar-refractivity contribution in [1.29, 1.82) is 0 Å². The maximum atomic E-state index is 13.1. The summed E-state index contributed by atoms with van der Waals surface area (Å²) in [5, 5.41) is 0. The van der Waals surface area contributed by atoms with Gasteiger partial charge in [0.05, 0.1) is 5.69 Å². The van der Waals surface area contributed by atoms with Gasteiger partial charge in [0, 0.05) is 13.0 Å². The van der Waals surface area contributed by atoms with Gasteiger partial charge in [-0.2, -0.15) is 0 Å². The van der Waals surface area contributed by atoms with Gasteiger partial charge < -0.3 is 15.5 Å². The fraction of sp³-hybridized carbons (Fsp3) is 0.524. The molecule has 1 saturated carbocycles. The predicted octanol–water partition coefficient (Wildman–Crippen LogP) is 1.66. The molecule has 1 aromatic carbocycles. The van der Waals surface area contributed by atoms with Crippen LogP contribution in [0.5, 0.6) is 0 Å². The lowest BCUT2D eigenvalue weighted by molar-refractivity contribution is -0.136. The molecule has 0 bridgehead atoms. The minimum atomic E-state index is -1.64. The topological polar surface area (TPSA) is 86.9 Å². The Morgan fingerprint density at radius 3 is 2.39 bits per heavy atom. The van der Waals surface area contributed by atoms with Crippen LogP contribution in [0.25, 0.3) is 0 Å². The maximum Gasteiger partial charge on any atom is 0.332 e. The summed E-state index contributed by atoms with van der Waals surface area (Å²) >= 11 is 0. The van der Waals surface area contributed by atoms with Crippen LogP contribution in [0.15, 0.2) is 24.3 Å². The zero-order valence-electron chi connectivity index (χ0n) is 16.5. The van der Waals surface area contributed by atoms with E-state index >= 15 is 0 Å². The van der Waals surface area contributed by atoms with Crippen LogP contribution in [0, 0.1) is 6.42 Å². The molecule has 4 rings (SSSR count). The van der Waals surface area contributed by atoms with Crippen molar-refractivity contribution < 1.29 is 14.4 Å². The zero-order valence-corrected chi connectivity index (χ0v) is 16.5. The molecule has 7 nitrogen and oxygen atoms in total. The molecule has 3 fully saturated rings. The molecule has 0 aromatic heterocycles. The summed E-state index contributed by atoms with van der Waals surface area (Å²) in [6, 6.07) is 7.18. The van der Waals surface area contributed by atoms with Crippen molar-refractivity contribution in [3.8, 4) is 0 Å². The molecular formula is C21H27N4O3. The number of fused-ring (bicyclic) bond motifs is 1. The van der Waals surface area contributed by atoms with Crippen molar-refractivity contribution in [1.82, 2.24) is 9.80 Å². The van der Waals surface area contributed by atoms with Gasteiger partial charge in [-0.15, -0.1) is 0 Å². The number of benzene rings is 1. The number of imide groups is 1. The monoisotopic (exact) mass is 383 g/mol. The summed E-state index contributed by atoms with van der Waals surface area (Å²) in [5.41, 5.74) is 5.87. The molecule has 3 aliphatic rings. The van der Waals surface area contributed by atoms with Crippen molar-refractivity contribution >= 4 is 23.5 Å². The van der Waals surface area contributed by atoms with Gasteiger partial charge in [0.15, 0.2) is 0 Å². The summed E-state index contributed by atoms with van der Waals surface area (Å²) in [7, 11) is 4.15. The summed E-state index contributed by atoms with van der Waals surface area (Å²) < 4.78 is 0. The third-order valence-electron chi connectivity index (χ3n) is 6.41. The second-order valence-electron chi connectivity index (χ2n) is 8.43. The van der Waals surface area contributed by atoms with Crippen molar-refractivity contribution in [3.05, 3.63) is 36.2 Å². The number of hydrogen-bond acceptors (Lipinski definition) is 4. The van der Waals surface area contributed by atoms with Crippen LogP contribution in [-0.4, -0.2) is 60.4 Å². The SMILES string of the molecule is CN(C)CCC1(c2ccc(N3C(=O)N4CCC[CH][C@]4(C(N)=O)C3=O)cc2)CC1. The highest BCUT2D eigenvalue weighted by molar-refractivity contribution is 6.31. The third kappa shape index (κ3) is 2.71. The molecule has 2 saturated heterocycles. The van der Waals surface area contributed by atoms with Crippen molar-refractivity contribution in [3.63, 3.8) is 0 Å². The molecule has 2 N–H and O–H groups in total. The lowest BCUT2D eigenvalue weighted by atomic mass is 9.86. The highest BCUT2D eigenvalue weighted by Gasteiger charge is 2.62. The number of anilines is 1. The van der Waals surface area contributed by atoms with Gasteiger partial charge in [0.1, 0.15) is 0 Å². The van der Waals surface area contributed by atoms with Crippen LogP contribution in [-0.2, 0) is 15.0 Å². The Hall–Kier alpha value is -2.41. The quantitative estimate of drug-likeness (QED) is 0.598. The number of piperidine rings is 1. The van der Waals surface area contributed by atoms with Gasteiger partial charge in [-0.1, -0.05) is 12.1 Å². The van der Waals surface area contributed by atoms with E-state index in [9.17, 15) is 14.4 Å². The van der Waals surface area contributed by atoms with Crippen LogP contribution in [0.4, 0.5) is 10.5 Å². The summed E-state index contributed by atoms with van der Waals surface area (Å²) in [6.07, 6.45) is 6.31. The van der Waals surface area contributed by atoms with Crippen molar-refractivity contribution in [2.45, 2.75) is 43.1 Å². The molecule has 28 heavy (non-hydrogen) atoms. The van der Waals surface area contributed by atoms with Crippen LogP contribution >= 0.6 is 0 Å². The number of hydrogen-bond donors (Lipinski definition) is 1. The van der Waals surface area contributed by atoms with Gasteiger partial charge >= 0.3 is 6.03 Å². The second kappa shape index (κ2) is 6.58. The Bertz CT molecular complexity index is 815. The second-order valence-corrected chi connectivity index (χ2v) is 8.43. The average Bonchev–Trinajstić information content (AvgIpc) is 3.43. The standard InChI is InChI=1S/C21H27N4O3/c1-23(2)14-12-20(10-11-20)15-5-7-16(8-6-15)25-18(27)21(17(22)26)9-3-4-13-24(21)19(25)28/h5-9H,3-4,10-14H2,1-2H3,(H2,22,26)/t21-/m0/s1. The van der Waals surface area contributed by atoms with E-state index in [1.165, 1.54) is 10.5 Å². The number of carbonyl (C=O) groups is 3. The van der Waals surface area contributed by atoms with E-state index in [2.05, 4.69) is 19.0 Å². The molecule has 7 heteroatoms. The Labute approximate surface area is 165 Å². The molecular weight excluding hydrogens is 356 g/mol. The first-order valence-corrected chi connectivity index (χ1v) is 9.87. The Morgan fingerprint density at radius 2 is 1.86 bits per heavy atom. The number of primary amides is 1. The molecule has 1 aromatic rings. The largest absolute Gasteiger partial charge is 0.367 e.